The second kappa shape index (κ2) is 10.0. The number of ether oxygens (including phenoxy) is 1. The number of rotatable bonds is 7. The molecule has 7 nitrogen and oxygen atoms in total. The Morgan fingerprint density at radius 2 is 1.75 bits per heavy atom. The number of benzene rings is 3. The summed E-state index contributed by atoms with van der Waals surface area (Å²) in [6, 6.07) is 22.5. The number of hydrogen-bond acceptors (Lipinski definition) is 5. The maximum atomic E-state index is 13.6. The Morgan fingerprint density at radius 1 is 1.03 bits per heavy atom. The summed E-state index contributed by atoms with van der Waals surface area (Å²) in [7, 11) is 1.60. The Morgan fingerprint density at radius 3 is 2.44 bits per heavy atom. The number of nitrogens with zero attached hydrogens (tertiary/aromatic N) is 3. The lowest BCUT2D eigenvalue weighted by Gasteiger charge is -2.35. The van der Waals surface area contributed by atoms with Gasteiger partial charge in [-0.15, -0.1) is 0 Å². The van der Waals surface area contributed by atoms with Gasteiger partial charge >= 0.3 is 6.03 Å². The van der Waals surface area contributed by atoms with E-state index in [4.69, 9.17) is 9.26 Å². The van der Waals surface area contributed by atoms with Crippen molar-refractivity contribution in [3.63, 3.8) is 0 Å². The average Bonchev–Trinajstić information content (AvgIpc) is 3.39. The SMILES string of the molecule is COc1ccc(-c2noc(C3=C(C)N(CCc4ccccc4)C(=O)NC3c3ccc(F)cc3)n2)cc1. The van der Waals surface area contributed by atoms with Crippen LogP contribution in [0.1, 0.15) is 30.0 Å². The zero-order chi connectivity index (χ0) is 25.1. The Hall–Kier alpha value is -4.46. The van der Waals surface area contributed by atoms with E-state index in [1.807, 2.05) is 61.5 Å². The third-order valence-electron chi connectivity index (χ3n) is 6.27. The van der Waals surface area contributed by atoms with Crippen LogP contribution in [0.3, 0.4) is 0 Å². The van der Waals surface area contributed by atoms with Gasteiger partial charge in [0.2, 0.25) is 5.82 Å². The normalized spacial score (nSPS) is 15.7. The van der Waals surface area contributed by atoms with E-state index in [0.717, 1.165) is 16.9 Å². The smallest absolute Gasteiger partial charge is 0.322 e. The second-order valence-corrected chi connectivity index (χ2v) is 8.47. The highest BCUT2D eigenvalue weighted by Gasteiger charge is 2.35. The molecule has 2 heterocycles. The topological polar surface area (TPSA) is 80.5 Å². The summed E-state index contributed by atoms with van der Waals surface area (Å²) >= 11 is 0. The van der Waals surface area contributed by atoms with Crippen molar-refractivity contribution >= 4 is 11.6 Å². The summed E-state index contributed by atoms with van der Waals surface area (Å²) < 4.78 is 24.6. The van der Waals surface area contributed by atoms with Crippen LogP contribution < -0.4 is 10.1 Å². The molecular formula is C28H25FN4O3. The first-order chi connectivity index (χ1) is 17.5. The van der Waals surface area contributed by atoms with E-state index >= 15 is 0 Å². The molecule has 1 aliphatic rings. The Labute approximate surface area is 208 Å². The van der Waals surface area contributed by atoms with Gasteiger partial charge in [0.25, 0.3) is 5.89 Å². The lowest BCUT2D eigenvalue weighted by atomic mass is 9.94. The van der Waals surface area contributed by atoms with Gasteiger partial charge in [-0.05, 0) is 60.9 Å². The molecule has 0 saturated carbocycles. The highest BCUT2D eigenvalue weighted by atomic mass is 19.1. The molecule has 8 heteroatoms. The highest BCUT2D eigenvalue weighted by Crippen LogP contribution is 2.37. The first-order valence-electron chi connectivity index (χ1n) is 11.6. The first-order valence-corrected chi connectivity index (χ1v) is 11.6. The molecule has 0 aliphatic carbocycles. The largest absolute Gasteiger partial charge is 0.497 e. The molecule has 1 N–H and O–H groups in total. The first kappa shape index (κ1) is 23.3. The summed E-state index contributed by atoms with van der Waals surface area (Å²) in [5.74, 6) is 1.07. The molecule has 4 aromatic rings. The third kappa shape index (κ3) is 4.70. The highest BCUT2D eigenvalue weighted by molar-refractivity contribution is 5.86. The van der Waals surface area contributed by atoms with Crippen molar-refractivity contribution in [3.05, 3.63) is 107 Å². The predicted molar refractivity (Wildman–Crippen MR) is 133 cm³/mol. The number of methoxy groups -OCH3 is 1. The molecule has 0 fully saturated rings. The van der Waals surface area contributed by atoms with Gasteiger partial charge in [0, 0.05) is 17.8 Å². The van der Waals surface area contributed by atoms with E-state index in [1.54, 1.807) is 24.1 Å². The van der Waals surface area contributed by atoms with Gasteiger partial charge in [-0.3, -0.25) is 4.90 Å². The van der Waals surface area contributed by atoms with Crippen molar-refractivity contribution in [1.29, 1.82) is 0 Å². The zero-order valence-electron chi connectivity index (χ0n) is 19.9. The van der Waals surface area contributed by atoms with Crippen LogP contribution in [0.15, 0.2) is 89.1 Å². The number of carbonyl (C=O) groups is 1. The maximum Gasteiger partial charge on any atom is 0.322 e. The van der Waals surface area contributed by atoms with Crippen molar-refractivity contribution in [2.45, 2.75) is 19.4 Å². The van der Waals surface area contributed by atoms with E-state index in [-0.39, 0.29) is 17.7 Å². The summed E-state index contributed by atoms with van der Waals surface area (Å²) in [5.41, 5.74) is 3.98. The quantitative estimate of drug-likeness (QED) is 0.368. The number of halogens is 1. The molecule has 182 valence electrons. The molecule has 5 rings (SSSR count). The van der Waals surface area contributed by atoms with Crippen LogP contribution in [0.4, 0.5) is 9.18 Å². The molecule has 2 amide bonds. The molecule has 36 heavy (non-hydrogen) atoms. The number of aromatic nitrogens is 2. The third-order valence-corrected chi connectivity index (χ3v) is 6.27. The van der Waals surface area contributed by atoms with Crippen molar-refractivity contribution in [2.75, 3.05) is 13.7 Å². The number of amides is 2. The Balaban J connectivity index is 1.53. The molecule has 3 aromatic carbocycles. The summed E-state index contributed by atoms with van der Waals surface area (Å²) in [5, 5.41) is 7.22. The van der Waals surface area contributed by atoms with E-state index < -0.39 is 6.04 Å². The van der Waals surface area contributed by atoms with Gasteiger partial charge in [-0.1, -0.05) is 47.6 Å². The van der Waals surface area contributed by atoms with Gasteiger partial charge in [0.05, 0.1) is 18.7 Å². The minimum atomic E-state index is -0.574. The van der Waals surface area contributed by atoms with Crippen LogP contribution in [0.25, 0.3) is 17.0 Å². The fourth-order valence-corrected chi connectivity index (χ4v) is 4.31. The Bertz CT molecular complexity index is 1380. The van der Waals surface area contributed by atoms with Crippen LogP contribution in [-0.4, -0.2) is 34.7 Å². The summed E-state index contributed by atoms with van der Waals surface area (Å²) in [4.78, 5) is 19.5. The predicted octanol–water partition coefficient (Wildman–Crippen LogP) is 5.62. The summed E-state index contributed by atoms with van der Waals surface area (Å²) in [6.07, 6.45) is 0.682. The fourth-order valence-electron chi connectivity index (χ4n) is 4.31. The van der Waals surface area contributed by atoms with E-state index in [1.165, 1.54) is 12.1 Å². The number of hydrogen-bond donors (Lipinski definition) is 1. The molecule has 0 radical (unpaired) electrons. The average molecular weight is 485 g/mol. The monoisotopic (exact) mass is 484 g/mol. The van der Waals surface area contributed by atoms with Crippen LogP contribution in [-0.2, 0) is 6.42 Å². The van der Waals surface area contributed by atoms with Gasteiger partial charge < -0.3 is 14.6 Å². The van der Waals surface area contributed by atoms with Crippen LogP contribution in [0.2, 0.25) is 0 Å². The number of urea groups is 1. The van der Waals surface area contributed by atoms with Crippen molar-refractivity contribution < 1.29 is 18.4 Å². The molecule has 1 unspecified atom stereocenters. The van der Waals surface area contributed by atoms with Crippen LogP contribution >= 0.6 is 0 Å². The fraction of sp³-hybridized carbons (Fsp3) is 0.179. The number of nitrogens with one attached hydrogen (secondary N) is 1. The lowest BCUT2D eigenvalue weighted by Crippen LogP contribution is -2.46. The molecule has 0 saturated heterocycles. The number of carbonyl (C=O) groups excluding carboxylic acids is 1. The number of allylic oxidation sites excluding steroid dienone is 1. The van der Waals surface area contributed by atoms with Gasteiger partial charge in [-0.2, -0.15) is 4.98 Å². The minimum absolute atomic E-state index is 0.239. The lowest BCUT2D eigenvalue weighted by molar-refractivity contribution is 0.205. The van der Waals surface area contributed by atoms with E-state index in [9.17, 15) is 9.18 Å². The van der Waals surface area contributed by atoms with E-state index in [0.29, 0.717) is 35.6 Å². The second-order valence-electron chi connectivity index (χ2n) is 8.47. The minimum Gasteiger partial charge on any atom is -0.497 e. The molecule has 1 aromatic heterocycles. The van der Waals surface area contributed by atoms with Crippen molar-refractivity contribution in [1.82, 2.24) is 20.4 Å². The Kier molecular flexibility index (Phi) is 6.49. The molecular weight excluding hydrogens is 459 g/mol. The van der Waals surface area contributed by atoms with E-state index in [2.05, 4.69) is 15.5 Å². The molecule has 1 aliphatic heterocycles. The molecule has 1 atom stereocenters. The standard InChI is InChI=1S/C28H25FN4O3/c1-18-24(27-31-26(32-36-27)21-10-14-23(35-2)15-11-21)25(20-8-12-22(29)13-9-20)30-28(34)33(18)17-16-19-6-4-3-5-7-19/h3-15,25H,16-17H2,1-2H3,(H,30,34). The maximum absolute atomic E-state index is 13.6. The van der Waals surface area contributed by atoms with Gasteiger partial charge in [-0.25, -0.2) is 9.18 Å². The van der Waals surface area contributed by atoms with Gasteiger partial charge in [0.1, 0.15) is 11.6 Å². The van der Waals surface area contributed by atoms with Crippen molar-refractivity contribution in [3.8, 4) is 17.1 Å². The van der Waals surface area contributed by atoms with Crippen LogP contribution in [0.5, 0.6) is 5.75 Å². The molecule has 0 spiro atoms. The van der Waals surface area contributed by atoms with Gasteiger partial charge in [0.15, 0.2) is 0 Å². The summed E-state index contributed by atoms with van der Waals surface area (Å²) in [6.45, 7) is 2.34. The van der Waals surface area contributed by atoms with Crippen molar-refractivity contribution in [2.24, 2.45) is 0 Å². The molecule has 0 bridgehead atoms. The van der Waals surface area contributed by atoms with Crippen LogP contribution in [0, 0.1) is 5.82 Å². The zero-order valence-corrected chi connectivity index (χ0v) is 19.9.